The highest BCUT2D eigenvalue weighted by Crippen LogP contribution is 2.18. The van der Waals surface area contributed by atoms with Gasteiger partial charge in [-0.1, -0.05) is 11.6 Å². The minimum atomic E-state index is -0.818. The standard InChI is InChI=1S/C12H11ClN4O2S/c1-7-6-20-12(15-7)17(11(14)19)16-10(18)8-2-4-9(13)5-3-8/h2-6H,1H3,(H2,14,19)(H,16,18). The molecule has 3 amide bonds. The number of nitrogens with two attached hydrogens (primary N) is 1. The van der Waals surface area contributed by atoms with Crippen molar-refractivity contribution in [2.24, 2.45) is 5.73 Å². The van der Waals surface area contributed by atoms with Gasteiger partial charge >= 0.3 is 6.03 Å². The third kappa shape index (κ3) is 3.25. The lowest BCUT2D eigenvalue weighted by molar-refractivity contribution is 0.0951. The van der Waals surface area contributed by atoms with E-state index in [9.17, 15) is 9.59 Å². The van der Waals surface area contributed by atoms with Gasteiger partial charge in [0.15, 0.2) is 0 Å². The minimum Gasteiger partial charge on any atom is -0.350 e. The first kappa shape index (κ1) is 14.3. The molecule has 2 rings (SSSR count). The smallest absolute Gasteiger partial charge is 0.340 e. The van der Waals surface area contributed by atoms with Crippen molar-refractivity contribution in [3.05, 3.63) is 45.9 Å². The van der Waals surface area contributed by atoms with E-state index < -0.39 is 11.9 Å². The molecular weight excluding hydrogens is 300 g/mol. The summed E-state index contributed by atoms with van der Waals surface area (Å²) in [5.41, 5.74) is 8.74. The zero-order valence-electron chi connectivity index (χ0n) is 10.5. The summed E-state index contributed by atoms with van der Waals surface area (Å²) in [6, 6.07) is 5.44. The van der Waals surface area contributed by atoms with Crippen molar-refractivity contribution in [2.45, 2.75) is 6.92 Å². The van der Waals surface area contributed by atoms with Gasteiger partial charge in [-0.25, -0.2) is 9.78 Å². The van der Waals surface area contributed by atoms with Gasteiger partial charge in [-0.15, -0.1) is 11.3 Å². The number of nitrogens with zero attached hydrogens (tertiary/aromatic N) is 2. The minimum absolute atomic E-state index is 0.303. The highest BCUT2D eigenvalue weighted by molar-refractivity contribution is 7.14. The Balaban J connectivity index is 2.18. The first-order valence-electron chi connectivity index (χ1n) is 5.55. The molecule has 0 bridgehead atoms. The van der Waals surface area contributed by atoms with E-state index in [0.717, 1.165) is 10.7 Å². The topological polar surface area (TPSA) is 88.3 Å². The monoisotopic (exact) mass is 310 g/mol. The van der Waals surface area contributed by atoms with Gasteiger partial charge < -0.3 is 5.73 Å². The summed E-state index contributed by atoms with van der Waals surface area (Å²) >= 11 is 6.95. The Morgan fingerprint density at radius 2 is 2.00 bits per heavy atom. The van der Waals surface area contributed by atoms with E-state index in [4.69, 9.17) is 17.3 Å². The maximum Gasteiger partial charge on any atom is 0.340 e. The second-order valence-corrected chi connectivity index (χ2v) is 5.17. The van der Waals surface area contributed by atoms with E-state index in [2.05, 4.69) is 10.4 Å². The fourth-order valence-corrected chi connectivity index (χ4v) is 2.30. The van der Waals surface area contributed by atoms with Crippen LogP contribution in [0.2, 0.25) is 5.02 Å². The van der Waals surface area contributed by atoms with E-state index in [1.165, 1.54) is 11.3 Å². The molecule has 3 N–H and O–H groups in total. The number of nitrogens with one attached hydrogen (secondary N) is 1. The summed E-state index contributed by atoms with van der Waals surface area (Å²) in [6.45, 7) is 1.78. The van der Waals surface area contributed by atoms with E-state index in [-0.39, 0.29) is 0 Å². The van der Waals surface area contributed by atoms with Crippen LogP contribution in [0.4, 0.5) is 9.93 Å². The number of carbonyl (C=O) groups is 2. The molecule has 0 fully saturated rings. The van der Waals surface area contributed by atoms with Gasteiger partial charge in [0, 0.05) is 16.0 Å². The Bertz CT molecular complexity index is 641. The van der Waals surface area contributed by atoms with Crippen molar-refractivity contribution in [3.8, 4) is 0 Å². The van der Waals surface area contributed by atoms with Crippen LogP contribution >= 0.6 is 22.9 Å². The molecule has 2 aromatic rings. The number of amides is 3. The lowest BCUT2D eigenvalue weighted by Gasteiger charge is -2.17. The average Bonchev–Trinajstić information content (AvgIpc) is 2.82. The summed E-state index contributed by atoms with van der Waals surface area (Å²) < 4.78 is 0. The quantitative estimate of drug-likeness (QED) is 0.834. The number of benzene rings is 1. The Kier molecular flexibility index (Phi) is 4.21. The molecule has 0 unspecified atom stereocenters. The molecule has 104 valence electrons. The lowest BCUT2D eigenvalue weighted by atomic mass is 10.2. The number of anilines is 1. The van der Waals surface area contributed by atoms with Crippen molar-refractivity contribution in [1.82, 2.24) is 10.4 Å². The molecule has 1 aromatic heterocycles. The van der Waals surface area contributed by atoms with Gasteiger partial charge in [-0.2, -0.15) is 5.01 Å². The molecule has 8 heteroatoms. The van der Waals surface area contributed by atoms with Crippen LogP contribution in [0.25, 0.3) is 0 Å². The molecule has 1 heterocycles. The van der Waals surface area contributed by atoms with Crippen LogP contribution in [0.3, 0.4) is 0 Å². The summed E-state index contributed by atoms with van der Waals surface area (Å²) in [5, 5.41) is 3.48. The number of urea groups is 1. The van der Waals surface area contributed by atoms with Crippen molar-refractivity contribution in [3.63, 3.8) is 0 Å². The van der Waals surface area contributed by atoms with E-state index in [0.29, 0.717) is 15.7 Å². The second-order valence-electron chi connectivity index (χ2n) is 3.89. The maximum atomic E-state index is 12.0. The van der Waals surface area contributed by atoms with Crippen LogP contribution in [0.5, 0.6) is 0 Å². The fourth-order valence-electron chi connectivity index (χ4n) is 1.41. The zero-order chi connectivity index (χ0) is 14.7. The van der Waals surface area contributed by atoms with Crippen LogP contribution in [0.15, 0.2) is 29.6 Å². The Morgan fingerprint density at radius 1 is 1.35 bits per heavy atom. The molecular formula is C12H11ClN4O2S. The summed E-state index contributed by atoms with van der Waals surface area (Å²) in [6.07, 6.45) is 0. The number of primary amides is 1. The van der Waals surface area contributed by atoms with Crippen molar-refractivity contribution in [2.75, 3.05) is 5.01 Å². The molecule has 0 aliphatic rings. The van der Waals surface area contributed by atoms with Crippen LogP contribution in [0, 0.1) is 6.92 Å². The molecule has 0 spiro atoms. The van der Waals surface area contributed by atoms with Gasteiger partial charge in [0.05, 0.1) is 5.69 Å². The number of rotatable bonds is 2. The second kappa shape index (κ2) is 5.89. The van der Waals surface area contributed by atoms with Gasteiger partial charge in [0.25, 0.3) is 5.91 Å². The highest BCUT2D eigenvalue weighted by atomic mass is 35.5. The van der Waals surface area contributed by atoms with Crippen molar-refractivity contribution >= 4 is 40.0 Å². The number of aromatic nitrogens is 1. The van der Waals surface area contributed by atoms with Crippen LogP contribution in [0.1, 0.15) is 16.1 Å². The van der Waals surface area contributed by atoms with Gasteiger partial charge in [-0.05, 0) is 31.2 Å². The number of halogens is 1. The molecule has 0 saturated carbocycles. The molecule has 1 aromatic carbocycles. The first-order valence-corrected chi connectivity index (χ1v) is 6.81. The lowest BCUT2D eigenvalue weighted by Crippen LogP contribution is -2.49. The van der Waals surface area contributed by atoms with Crippen molar-refractivity contribution < 1.29 is 9.59 Å². The highest BCUT2D eigenvalue weighted by Gasteiger charge is 2.19. The van der Waals surface area contributed by atoms with E-state index in [1.54, 1.807) is 36.6 Å². The Hall–Kier alpha value is -2.12. The summed E-state index contributed by atoms with van der Waals surface area (Å²) in [7, 11) is 0. The number of hydrazine groups is 1. The number of carbonyl (C=O) groups excluding carboxylic acids is 2. The summed E-state index contributed by atoms with van der Waals surface area (Å²) in [4.78, 5) is 27.5. The summed E-state index contributed by atoms with van der Waals surface area (Å²) in [5.74, 6) is -0.478. The van der Waals surface area contributed by atoms with Gasteiger partial charge in [0.1, 0.15) is 0 Å². The predicted molar refractivity (Wildman–Crippen MR) is 77.8 cm³/mol. The fraction of sp³-hybridized carbons (Fsp3) is 0.0833. The molecule has 0 radical (unpaired) electrons. The third-order valence-corrected chi connectivity index (χ3v) is 3.53. The maximum absolute atomic E-state index is 12.0. The normalized spacial score (nSPS) is 10.1. The van der Waals surface area contributed by atoms with Gasteiger partial charge in [-0.3, -0.25) is 10.2 Å². The zero-order valence-corrected chi connectivity index (χ0v) is 12.0. The molecule has 0 saturated heterocycles. The van der Waals surface area contributed by atoms with Crippen LogP contribution in [-0.2, 0) is 0 Å². The number of thiazole rings is 1. The number of hydrogen-bond donors (Lipinski definition) is 2. The molecule has 0 aliphatic heterocycles. The van der Waals surface area contributed by atoms with E-state index in [1.807, 2.05) is 0 Å². The predicted octanol–water partition coefficient (Wildman–Crippen LogP) is 2.34. The molecule has 6 nitrogen and oxygen atoms in total. The Labute approximate surface area is 124 Å². The van der Waals surface area contributed by atoms with Crippen molar-refractivity contribution in [1.29, 1.82) is 0 Å². The SMILES string of the molecule is Cc1csc(N(NC(=O)c2ccc(Cl)cc2)C(N)=O)n1. The first-order chi connectivity index (χ1) is 9.47. The third-order valence-electron chi connectivity index (χ3n) is 2.34. The van der Waals surface area contributed by atoms with E-state index >= 15 is 0 Å². The Morgan fingerprint density at radius 3 is 2.50 bits per heavy atom. The largest absolute Gasteiger partial charge is 0.350 e. The molecule has 0 aliphatic carbocycles. The number of hydrogen-bond acceptors (Lipinski definition) is 4. The average molecular weight is 311 g/mol. The van der Waals surface area contributed by atoms with Crippen LogP contribution < -0.4 is 16.2 Å². The van der Waals surface area contributed by atoms with Gasteiger partial charge in [0.2, 0.25) is 5.13 Å². The van der Waals surface area contributed by atoms with Crippen LogP contribution in [-0.4, -0.2) is 16.9 Å². The molecule has 20 heavy (non-hydrogen) atoms. The molecule has 0 atom stereocenters. The number of aryl methyl sites for hydroxylation is 1.